The molecule has 0 aliphatic carbocycles. The molecular weight excluding hydrogens is 328 g/mol. The van der Waals surface area contributed by atoms with Gasteiger partial charge in [-0.15, -0.1) is 0 Å². The Balaban J connectivity index is 1.69. The summed E-state index contributed by atoms with van der Waals surface area (Å²) in [5.74, 6) is 0. The fourth-order valence-electron chi connectivity index (χ4n) is 2.84. The Hall–Kier alpha value is 0.400. The molecule has 1 heterocycles. The predicted octanol–water partition coefficient (Wildman–Crippen LogP) is 6.22. The van der Waals surface area contributed by atoms with Crippen molar-refractivity contribution in [2.45, 2.75) is 96.2 Å². The van der Waals surface area contributed by atoms with E-state index in [1.165, 1.54) is 88.8 Å². The number of halogens is 1. The second kappa shape index (κ2) is 15.3. The Labute approximate surface area is 140 Å². The number of alkyl halides is 1. The second-order valence-electron chi connectivity index (χ2n) is 6.24. The zero-order valence-electron chi connectivity index (χ0n) is 13.8. The van der Waals surface area contributed by atoms with E-state index in [4.69, 9.17) is 9.47 Å². The summed E-state index contributed by atoms with van der Waals surface area (Å²) in [6.07, 6.45) is 18.8. The molecule has 0 aromatic rings. The predicted molar refractivity (Wildman–Crippen MR) is 94.1 cm³/mol. The minimum atomic E-state index is 0.100. The molecule has 2 nitrogen and oxygen atoms in total. The van der Waals surface area contributed by atoms with E-state index in [0.717, 1.165) is 19.6 Å². The van der Waals surface area contributed by atoms with Gasteiger partial charge in [0.25, 0.3) is 0 Å². The van der Waals surface area contributed by atoms with Crippen LogP contribution in [-0.4, -0.2) is 24.8 Å². The zero-order chi connectivity index (χ0) is 15.0. The van der Waals surface area contributed by atoms with Crippen molar-refractivity contribution in [3.05, 3.63) is 0 Å². The lowest BCUT2D eigenvalue weighted by Crippen LogP contribution is -2.22. The van der Waals surface area contributed by atoms with Gasteiger partial charge in [-0.2, -0.15) is 0 Å². The van der Waals surface area contributed by atoms with Crippen molar-refractivity contribution in [3.8, 4) is 0 Å². The van der Waals surface area contributed by atoms with Gasteiger partial charge in [0.05, 0.1) is 0 Å². The first-order valence-electron chi connectivity index (χ1n) is 9.22. The van der Waals surface area contributed by atoms with Crippen LogP contribution in [0, 0.1) is 0 Å². The number of rotatable bonds is 14. The zero-order valence-corrected chi connectivity index (χ0v) is 15.4. The average Bonchev–Trinajstić information content (AvgIpc) is 2.53. The fraction of sp³-hybridized carbons (Fsp3) is 1.00. The van der Waals surface area contributed by atoms with Crippen molar-refractivity contribution in [1.82, 2.24) is 0 Å². The maximum Gasteiger partial charge on any atom is 0.157 e. The highest BCUT2D eigenvalue weighted by Crippen LogP contribution is 2.15. The normalized spacial score (nSPS) is 19.0. The Morgan fingerprint density at radius 3 is 1.86 bits per heavy atom. The van der Waals surface area contributed by atoms with Gasteiger partial charge in [-0.3, -0.25) is 0 Å². The fourth-order valence-corrected chi connectivity index (χ4v) is 3.24. The molecule has 1 fully saturated rings. The first kappa shape index (κ1) is 19.4. The van der Waals surface area contributed by atoms with Crippen LogP contribution in [0.4, 0.5) is 0 Å². The smallest absolute Gasteiger partial charge is 0.157 e. The molecule has 1 atom stereocenters. The van der Waals surface area contributed by atoms with Gasteiger partial charge in [0.2, 0.25) is 0 Å². The largest absolute Gasteiger partial charge is 0.353 e. The number of ether oxygens (including phenoxy) is 2. The van der Waals surface area contributed by atoms with E-state index in [1.807, 2.05) is 0 Å². The highest BCUT2D eigenvalue weighted by Gasteiger charge is 2.13. The van der Waals surface area contributed by atoms with E-state index in [0.29, 0.717) is 0 Å². The van der Waals surface area contributed by atoms with E-state index in [9.17, 15) is 0 Å². The van der Waals surface area contributed by atoms with E-state index < -0.39 is 0 Å². The summed E-state index contributed by atoms with van der Waals surface area (Å²) in [6, 6.07) is 0. The van der Waals surface area contributed by atoms with Gasteiger partial charge in [0, 0.05) is 18.5 Å². The third-order valence-electron chi connectivity index (χ3n) is 4.22. The molecular formula is C18H35BrO2. The maximum absolute atomic E-state index is 5.75. The van der Waals surface area contributed by atoms with Crippen LogP contribution in [0.2, 0.25) is 0 Å². The van der Waals surface area contributed by atoms with Gasteiger partial charge in [-0.25, -0.2) is 0 Å². The van der Waals surface area contributed by atoms with Crippen LogP contribution in [-0.2, 0) is 9.47 Å². The molecule has 0 aromatic carbocycles. The Bertz CT molecular complexity index is 205. The first-order chi connectivity index (χ1) is 10.4. The Morgan fingerprint density at radius 2 is 1.33 bits per heavy atom. The molecule has 126 valence electrons. The molecule has 3 heteroatoms. The van der Waals surface area contributed by atoms with Crippen molar-refractivity contribution in [2.75, 3.05) is 18.5 Å². The standard InChI is InChI=1S/C18H35BrO2/c19-15-11-8-6-4-2-1-3-5-7-9-12-16-20-18-14-10-13-17-21-18/h18H,1-17H2. The molecule has 1 unspecified atom stereocenters. The minimum absolute atomic E-state index is 0.100. The summed E-state index contributed by atoms with van der Waals surface area (Å²) in [5.41, 5.74) is 0. The average molecular weight is 363 g/mol. The summed E-state index contributed by atoms with van der Waals surface area (Å²) in [5, 5.41) is 1.17. The molecule has 0 radical (unpaired) electrons. The molecule has 1 aliphatic rings. The van der Waals surface area contributed by atoms with Crippen molar-refractivity contribution in [3.63, 3.8) is 0 Å². The molecule has 21 heavy (non-hydrogen) atoms. The highest BCUT2D eigenvalue weighted by atomic mass is 79.9. The topological polar surface area (TPSA) is 18.5 Å². The molecule has 0 N–H and O–H groups in total. The van der Waals surface area contributed by atoms with Gasteiger partial charge < -0.3 is 9.47 Å². The highest BCUT2D eigenvalue weighted by molar-refractivity contribution is 9.09. The van der Waals surface area contributed by atoms with E-state index >= 15 is 0 Å². The van der Waals surface area contributed by atoms with Crippen molar-refractivity contribution < 1.29 is 9.47 Å². The van der Waals surface area contributed by atoms with Gasteiger partial charge in [0.15, 0.2) is 6.29 Å². The summed E-state index contributed by atoms with van der Waals surface area (Å²) >= 11 is 3.49. The van der Waals surface area contributed by atoms with Crippen LogP contribution >= 0.6 is 15.9 Å². The lowest BCUT2D eigenvalue weighted by Gasteiger charge is -2.22. The van der Waals surface area contributed by atoms with Crippen LogP contribution < -0.4 is 0 Å². The Kier molecular flexibility index (Phi) is 14.2. The monoisotopic (exact) mass is 362 g/mol. The third-order valence-corrected chi connectivity index (χ3v) is 4.78. The number of hydrogen-bond donors (Lipinski definition) is 0. The van der Waals surface area contributed by atoms with Crippen LogP contribution in [0.5, 0.6) is 0 Å². The van der Waals surface area contributed by atoms with Gasteiger partial charge in [-0.1, -0.05) is 73.7 Å². The van der Waals surface area contributed by atoms with E-state index in [-0.39, 0.29) is 6.29 Å². The van der Waals surface area contributed by atoms with Crippen molar-refractivity contribution in [1.29, 1.82) is 0 Å². The SMILES string of the molecule is BrCCCCCCCCCCCCCOC1CCCCO1. The molecule has 0 saturated carbocycles. The van der Waals surface area contributed by atoms with Crippen LogP contribution in [0.1, 0.15) is 89.9 Å². The molecule has 0 bridgehead atoms. The number of hydrogen-bond acceptors (Lipinski definition) is 2. The lowest BCUT2D eigenvalue weighted by molar-refractivity contribution is -0.162. The Morgan fingerprint density at radius 1 is 0.762 bits per heavy atom. The number of unbranched alkanes of at least 4 members (excludes halogenated alkanes) is 10. The molecule has 1 aliphatic heterocycles. The van der Waals surface area contributed by atoms with E-state index in [1.54, 1.807) is 0 Å². The molecule has 0 spiro atoms. The van der Waals surface area contributed by atoms with Crippen LogP contribution in [0.3, 0.4) is 0 Å². The molecule has 1 rings (SSSR count). The summed E-state index contributed by atoms with van der Waals surface area (Å²) in [4.78, 5) is 0. The van der Waals surface area contributed by atoms with E-state index in [2.05, 4.69) is 15.9 Å². The molecule has 0 amide bonds. The maximum atomic E-state index is 5.75. The third kappa shape index (κ3) is 12.6. The van der Waals surface area contributed by atoms with Crippen molar-refractivity contribution in [2.24, 2.45) is 0 Å². The minimum Gasteiger partial charge on any atom is -0.353 e. The molecule has 0 aromatic heterocycles. The van der Waals surface area contributed by atoms with Crippen LogP contribution in [0.15, 0.2) is 0 Å². The molecule has 1 saturated heterocycles. The summed E-state index contributed by atoms with van der Waals surface area (Å²) in [6.45, 7) is 1.78. The lowest BCUT2D eigenvalue weighted by atomic mass is 10.1. The second-order valence-corrected chi connectivity index (χ2v) is 7.04. The summed E-state index contributed by atoms with van der Waals surface area (Å²) in [7, 11) is 0. The van der Waals surface area contributed by atoms with Gasteiger partial charge in [0.1, 0.15) is 0 Å². The van der Waals surface area contributed by atoms with Gasteiger partial charge in [-0.05, 0) is 32.1 Å². The van der Waals surface area contributed by atoms with Gasteiger partial charge >= 0.3 is 0 Å². The van der Waals surface area contributed by atoms with Crippen molar-refractivity contribution >= 4 is 15.9 Å². The summed E-state index contributed by atoms with van der Waals surface area (Å²) < 4.78 is 11.3. The van der Waals surface area contributed by atoms with Crippen LogP contribution in [0.25, 0.3) is 0 Å². The first-order valence-corrected chi connectivity index (χ1v) is 10.3. The quantitative estimate of drug-likeness (QED) is 0.270.